The number of rotatable bonds is 10. The van der Waals surface area contributed by atoms with E-state index in [1.54, 1.807) is 18.0 Å². The van der Waals surface area contributed by atoms with Crippen molar-refractivity contribution in [3.05, 3.63) is 92.6 Å². The molecule has 4 heterocycles. The second-order valence-corrected chi connectivity index (χ2v) is 12.6. The van der Waals surface area contributed by atoms with E-state index in [0.29, 0.717) is 66.8 Å². The Morgan fingerprint density at radius 3 is 2.68 bits per heavy atom. The van der Waals surface area contributed by atoms with Crippen LogP contribution in [-0.2, 0) is 20.7 Å². The smallest absolute Gasteiger partial charge is 0.338 e. The summed E-state index contributed by atoms with van der Waals surface area (Å²) in [4.78, 5) is 53.4. The zero-order chi connectivity index (χ0) is 33.1. The van der Waals surface area contributed by atoms with E-state index in [-0.39, 0.29) is 25.1 Å². The van der Waals surface area contributed by atoms with Gasteiger partial charge in [0.05, 0.1) is 18.2 Å². The number of carbonyl (C=O) groups excluding carboxylic acids is 2. The van der Waals surface area contributed by atoms with Gasteiger partial charge in [0.25, 0.3) is 0 Å². The van der Waals surface area contributed by atoms with Crippen LogP contribution in [0.1, 0.15) is 46.6 Å². The first kappa shape index (κ1) is 32.0. The molecule has 11 nitrogen and oxygen atoms in total. The molecule has 0 saturated carbocycles. The number of amidine groups is 1. The lowest BCUT2D eigenvalue weighted by atomic mass is 9.91. The summed E-state index contributed by atoms with van der Waals surface area (Å²) in [5.41, 5.74) is 5.18. The number of aryl methyl sites for hydroxylation is 2. The highest BCUT2D eigenvalue weighted by Crippen LogP contribution is 2.36. The number of amides is 2. The summed E-state index contributed by atoms with van der Waals surface area (Å²) in [6, 6.07) is 12.5. The first-order valence-electron chi connectivity index (χ1n) is 15.6. The zero-order valence-electron chi connectivity index (χ0n) is 26.3. The van der Waals surface area contributed by atoms with Gasteiger partial charge in [0, 0.05) is 67.7 Å². The minimum atomic E-state index is -0.839. The number of carbonyl (C=O) groups is 3. The van der Waals surface area contributed by atoms with Crippen LogP contribution >= 0.6 is 11.3 Å². The van der Waals surface area contributed by atoms with Crippen molar-refractivity contribution in [3.63, 3.8) is 0 Å². The minimum absolute atomic E-state index is 0.0467. The Kier molecular flexibility index (Phi) is 9.38. The van der Waals surface area contributed by atoms with Crippen LogP contribution in [0.3, 0.4) is 0 Å². The lowest BCUT2D eigenvalue weighted by molar-refractivity contribution is -0.139. The van der Waals surface area contributed by atoms with Crippen molar-refractivity contribution in [2.45, 2.75) is 38.8 Å². The second kappa shape index (κ2) is 13.8. The predicted molar refractivity (Wildman–Crippen MR) is 179 cm³/mol. The molecule has 47 heavy (non-hydrogen) atoms. The number of benzene rings is 2. The molecule has 2 saturated heterocycles. The van der Waals surface area contributed by atoms with E-state index in [1.807, 2.05) is 59.7 Å². The fourth-order valence-corrected chi connectivity index (χ4v) is 6.91. The van der Waals surface area contributed by atoms with E-state index < -0.39 is 18.0 Å². The van der Waals surface area contributed by atoms with Crippen LogP contribution in [0.4, 0.5) is 10.5 Å². The monoisotopic (exact) mass is 652 g/mol. The van der Waals surface area contributed by atoms with E-state index in [4.69, 9.17) is 21.3 Å². The van der Waals surface area contributed by atoms with E-state index in [9.17, 15) is 14.4 Å². The summed E-state index contributed by atoms with van der Waals surface area (Å²) in [7, 11) is 0. The van der Waals surface area contributed by atoms with Crippen LogP contribution in [0.15, 0.2) is 70.3 Å². The molecule has 3 aromatic rings. The number of carboxylic acids is 1. The molecule has 242 valence electrons. The number of urea groups is 1. The lowest BCUT2D eigenvalue weighted by Crippen LogP contribution is -2.53. The zero-order valence-corrected chi connectivity index (χ0v) is 27.1. The lowest BCUT2D eigenvalue weighted by Gasteiger charge is -2.38. The van der Waals surface area contributed by atoms with Gasteiger partial charge in [-0.25, -0.2) is 14.6 Å². The summed E-state index contributed by atoms with van der Waals surface area (Å²) in [6.45, 7) is 6.63. The number of nitrogens with one attached hydrogen (secondary N) is 1. The highest BCUT2D eigenvalue weighted by molar-refractivity contribution is 7.11. The fourth-order valence-electron chi connectivity index (χ4n) is 6.33. The van der Waals surface area contributed by atoms with Crippen LogP contribution in [0.5, 0.6) is 0 Å². The maximum atomic E-state index is 13.7. The normalized spacial score (nSPS) is 19.6. The van der Waals surface area contributed by atoms with Gasteiger partial charge in [-0.3, -0.25) is 19.6 Å². The number of aliphatic imine (C=N–C) groups is 1. The Morgan fingerprint density at radius 1 is 1.17 bits per heavy atom. The third-order valence-electron chi connectivity index (χ3n) is 8.61. The highest BCUT2D eigenvalue weighted by Gasteiger charge is 2.42. The average Bonchev–Trinajstić information content (AvgIpc) is 3.72. The molecule has 3 aliphatic heterocycles. The van der Waals surface area contributed by atoms with Crippen molar-refractivity contribution in [1.82, 2.24) is 20.1 Å². The molecule has 1 aromatic heterocycles. The number of thiazole rings is 1. The quantitative estimate of drug-likeness (QED) is 0.249. The number of hydrogen-bond acceptors (Lipinski definition) is 9. The number of esters is 1. The van der Waals surface area contributed by atoms with Crippen LogP contribution in [-0.4, -0.2) is 89.1 Å². The average molecular weight is 653 g/mol. The van der Waals surface area contributed by atoms with Crippen LogP contribution < -0.4 is 10.2 Å². The van der Waals surface area contributed by atoms with Crippen molar-refractivity contribution in [2.24, 2.45) is 4.99 Å². The molecule has 2 N–H and O–H groups in total. The van der Waals surface area contributed by atoms with Gasteiger partial charge >= 0.3 is 18.0 Å². The maximum Gasteiger partial charge on any atom is 0.338 e. The molecule has 2 fully saturated rings. The van der Waals surface area contributed by atoms with Crippen LogP contribution in [0, 0.1) is 19.3 Å². The van der Waals surface area contributed by atoms with Gasteiger partial charge in [-0.2, -0.15) is 0 Å². The van der Waals surface area contributed by atoms with Gasteiger partial charge < -0.3 is 20.1 Å². The molecule has 0 bridgehead atoms. The molecule has 3 aliphatic rings. The fraction of sp³-hybridized carbons (Fsp3) is 0.343. The van der Waals surface area contributed by atoms with Crippen molar-refractivity contribution in [2.75, 3.05) is 44.2 Å². The maximum absolute atomic E-state index is 13.7. The van der Waals surface area contributed by atoms with Crippen molar-refractivity contribution >= 4 is 40.8 Å². The van der Waals surface area contributed by atoms with Crippen LogP contribution in [0.2, 0.25) is 0 Å². The second-order valence-electron chi connectivity index (χ2n) is 11.7. The Bertz CT molecular complexity index is 1780. The Labute approximate surface area is 277 Å². The van der Waals surface area contributed by atoms with E-state index in [1.165, 1.54) is 11.3 Å². The summed E-state index contributed by atoms with van der Waals surface area (Å²) < 4.78 is 5.58. The van der Waals surface area contributed by atoms with E-state index in [0.717, 1.165) is 22.4 Å². The SMILES string of the molecule is C#Cc1cc(C)ccc1[C@@H]1N=C(c2nccs2)NC(CN2CCN3C(=O)N(c4ccc(CCC(=O)O)cc4)C[C@@H]3C2)=C1C(=O)OCC. The molecule has 2 aromatic carbocycles. The number of carboxylic acid groups (broad SMARTS) is 1. The molecular weight excluding hydrogens is 616 g/mol. The van der Waals surface area contributed by atoms with Crippen molar-refractivity contribution in [3.8, 4) is 12.3 Å². The summed E-state index contributed by atoms with van der Waals surface area (Å²) in [5, 5.41) is 15.0. The Morgan fingerprint density at radius 2 is 1.98 bits per heavy atom. The Balaban J connectivity index is 1.27. The number of anilines is 1. The number of hydrogen-bond donors (Lipinski definition) is 2. The molecule has 0 radical (unpaired) electrons. The van der Waals surface area contributed by atoms with Gasteiger partial charge in [-0.15, -0.1) is 17.8 Å². The largest absolute Gasteiger partial charge is 0.481 e. The van der Waals surface area contributed by atoms with Gasteiger partial charge in [0.15, 0.2) is 10.8 Å². The van der Waals surface area contributed by atoms with Crippen molar-refractivity contribution in [1.29, 1.82) is 0 Å². The van der Waals surface area contributed by atoms with Gasteiger partial charge in [0.2, 0.25) is 0 Å². The molecule has 2 atom stereocenters. The number of aliphatic carboxylic acids is 1. The van der Waals surface area contributed by atoms with Crippen LogP contribution in [0.25, 0.3) is 0 Å². The number of nitrogens with zero attached hydrogens (tertiary/aromatic N) is 5. The van der Waals surface area contributed by atoms with E-state index in [2.05, 4.69) is 21.1 Å². The first-order valence-corrected chi connectivity index (χ1v) is 16.5. The highest BCUT2D eigenvalue weighted by atomic mass is 32.1. The summed E-state index contributed by atoms with van der Waals surface area (Å²) >= 11 is 1.45. The number of ether oxygens (including phenoxy) is 1. The number of fused-ring (bicyclic) bond motifs is 1. The molecule has 12 heteroatoms. The molecular formula is C35H36N6O5S. The molecule has 6 rings (SSSR count). The van der Waals surface area contributed by atoms with Gasteiger partial charge in [-0.1, -0.05) is 30.2 Å². The third-order valence-corrected chi connectivity index (χ3v) is 9.39. The standard InChI is InChI=1S/C35H36N6O5S/c1-4-24-18-22(3)6-12-27(24)31-30(34(44)46-5-2)28(37-32(38-31)33-36-14-17-47-33)21-39-15-16-40-26(19-39)20-41(35(40)45)25-10-7-23(8-11-25)9-13-29(42)43/h1,6-8,10-12,14,17-18,26,31H,5,9,13,15-16,19-21H2,2-3H3,(H,37,38)(H,42,43)/t26-,31-/m0/s1. The van der Waals surface area contributed by atoms with E-state index >= 15 is 0 Å². The topological polar surface area (TPSA) is 128 Å². The third kappa shape index (κ3) is 6.77. The van der Waals surface area contributed by atoms with Gasteiger partial charge in [0.1, 0.15) is 6.04 Å². The number of piperazine rings is 1. The molecule has 0 aliphatic carbocycles. The first-order chi connectivity index (χ1) is 22.7. The number of aromatic nitrogens is 1. The summed E-state index contributed by atoms with van der Waals surface area (Å²) in [5.74, 6) is 2.04. The predicted octanol–water partition coefficient (Wildman–Crippen LogP) is 3.98. The van der Waals surface area contributed by atoms with Crippen molar-refractivity contribution < 1.29 is 24.2 Å². The number of terminal acetylenes is 1. The molecule has 0 spiro atoms. The molecule has 2 amide bonds. The Hall–Kier alpha value is -4.99. The summed E-state index contributed by atoms with van der Waals surface area (Å²) in [6.07, 6.45) is 8.16. The van der Waals surface area contributed by atoms with Gasteiger partial charge in [-0.05, 0) is 55.2 Å². The molecule has 0 unspecified atom stereocenters. The minimum Gasteiger partial charge on any atom is -0.481 e.